The summed E-state index contributed by atoms with van der Waals surface area (Å²) in [7, 11) is 0. The first-order valence-electron chi connectivity index (χ1n) is 6.32. The first-order valence-corrected chi connectivity index (χ1v) is 6.77. The van der Waals surface area contributed by atoms with Gasteiger partial charge in [-0.2, -0.15) is 0 Å². The second-order valence-corrected chi connectivity index (χ2v) is 5.56. The highest BCUT2D eigenvalue weighted by Crippen LogP contribution is 2.24. The number of nitrogens with one attached hydrogen (secondary N) is 1. The smallest absolute Gasteiger partial charge is 0.251 e. The van der Waals surface area contributed by atoms with Crippen molar-refractivity contribution in [3.63, 3.8) is 0 Å². The number of rotatable bonds is 3. The van der Waals surface area contributed by atoms with Crippen LogP contribution in [0.4, 0.5) is 0 Å². The molecule has 2 N–H and O–H groups in total. The summed E-state index contributed by atoms with van der Waals surface area (Å²) in [5.41, 5.74) is 1.64. The van der Waals surface area contributed by atoms with Crippen LogP contribution in [0.15, 0.2) is 23.1 Å². The van der Waals surface area contributed by atoms with Gasteiger partial charge in [0.05, 0.1) is 6.10 Å². The molecule has 98 valence electrons. The first-order chi connectivity index (χ1) is 8.56. The van der Waals surface area contributed by atoms with Gasteiger partial charge in [-0.05, 0) is 49.8 Å². The number of hydrogen-bond acceptors (Lipinski definition) is 3. The van der Waals surface area contributed by atoms with E-state index in [-0.39, 0.29) is 12.0 Å². The molecule has 4 heteroatoms. The van der Waals surface area contributed by atoms with Crippen LogP contribution in [0.3, 0.4) is 0 Å². The van der Waals surface area contributed by atoms with Gasteiger partial charge in [0.1, 0.15) is 0 Å². The highest BCUT2D eigenvalue weighted by Gasteiger charge is 2.23. The van der Waals surface area contributed by atoms with Crippen molar-refractivity contribution in [1.82, 2.24) is 5.32 Å². The minimum atomic E-state index is -0.186. The third-order valence-electron chi connectivity index (χ3n) is 3.53. The third kappa shape index (κ3) is 3.27. The maximum Gasteiger partial charge on any atom is 0.251 e. The van der Waals surface area contributed by atoms with Gasteiger partial charge in [0.15, 0.2) is 0 Å². The second kappa shape index (κ2) is 5.76. The normalized spacial score (nSPS) is 23.1. The zero-order valence-electron chi connectivity index (χ0n) is 10.5. The molecule has 0 bridgehead atoms. The lowest BCUT2D eigenvalue weighted by Crippen LogP contribution is -2.29. The number of benzene rings is 1. The van der Waals surface area contributed by atoms with Crippen LogP contribution in [0.2, 0.25) is 0 Å². The largest absolute Gasteiger partial charge is 0.393 e. The van der Waals surface area contributed by atoms with E-state index in [4.69, 9.17) is 0 Å². The lowest BCUT2D eigenvalue weighted by molar-refractivity contribution is 0.0944. The molecule has 1 aliphatic carbocycles. The highest BCUT2D eigenvalue weighted by atomic mass is 32.1. The van der Waals surface area contributed by atoms with Crippen LogP contribution in [-0.2, 0) is 0 Å². The van der Waals surface area contributed by atoms with Gasteiger partial charge in [0.25, 0.3) is 5.91 Å². The van der Waals surface area contributed by atoms with E-state index < -0.39 is 0 Å². The Morgan fingerprint density at radius 1 is 1.50 bits per heavy atom. The lowest BCUT2D eigenvalue weighted by atomic mass is 10.1. The number of aliphatic hydroxyl groups is 1. The third-order valence-corrected chi connectivity index (χ3v) is 3.81. The van der Waals surface area contributed by atoms with E-state index >= 15 is 0 Å². The molecule has 3 nitrogen and oxygen atoms in total. The van der Waals surface area contributed by atoms with Crippen molar-refractivity contribution in [2.24, 2.45) is 5.92 Å². The van der Waals surface area contributed by atoms with Crippen LogP contribution in [0, 0.1) is 12.8 Å². The molecule has 0 heterocycles. The molecule has 2 unspecified atom stereocenters. The second-order valence-electron chi connectivity index (χ2n) is 5.04. The summed E-state index contributed by atoms with van der Waals surface area (Å²) in [6, 6.07) is 5.57. The molecule has 2 rings (SSSR count). The molecular formula is C14H19NO2S. The van der Waals surface area contributed by atoms with E-state index in [1.165, 1.54) is 0 Å². The topological polar surface area (TPSA) is 49.3 Å². The van der Waals surface area contributed by atoms with E-state index in [1.54, 1.807) is 6.07 Å². The van der Waals surface area contributed by atoms with Crippen molar-refractivity contribution in [2.75, 3.05) is 6.54 Å². The molecule has 2 atom stereocenters. The fraction of sp³-hybridized carbons (Fsp3) is 0.500. The molecule has 1 aromatic carbocycles. The van der Waals surface area contributed by atoms with Crippen LogP contribution >= 0.6 is 12.6 Å². The number of aliphatic hydroxyl groups excluding tert-OH is 1. The lowest BCUT2D eigenvalue weighted by Gasteiger charge is -2.12. The Labute approximate surface area is 113 Å². The van der Waals surface area contributed by atoms with Gasteiger partial charge in [-0.3, -0.25) is 4.79 Å². The van der Waals surface area contributed by atoms with Crippen LogP contribution in [0.5, 0.6) is 0 Å². The predicted molar refractivity (Wildman–Crippen MR) is 74.1 cm³/mol. The first kappa shape index (κ1) is 13.4. The van der Waals surface area contributed by atoms with Gasteiger partial charge in [0.2, 0.25) is 0 Å². The quantitative estimate of drug-likeness (QED) is 0.734. The molecule has 0 aliphatic heterocycles. The summed E-state index contributed by atoms with van der Waals surface area (Å²) in [5, 5.41) is 12.4. The van der Waals surface area contributed by atoms with Crippen molar-refractivity contribution in [3.05, 3.63) is 29.3 Å². The van der Waals surface area contributed by atoms with Gasteiger partial charge in [-0.1, -0.05) is 6.07 Å². The molecule has 1 fully saturated rings. The van der Waals surface area contributed by atoms with Crippen molar-refractivity contribution >= 4 is 18.5 Å². The number of aryl methyl sites for hydroxylation is 1. The fourth-order valence-electron chi connectivity index (χ4n) is 2.42. The van der Waals surface area contributed by atoms with Crippen LogP contribution in [0.25, 0.3) is 0 Å². The maximum atomic E-state index is 12.0. The summed E-state index contributed by atoms with van der Waals surface area (Å²) in [6.07, 6.45) is 2.46. The van der Waals surface area contributed by atoms with E-state index in [0.29, 0.717) is 18.0 Å². The SMILES string of the molecule is Cc1ccc(S)cc1C(=O)NCC1CCC(O)C1. The van der Waals surface area contributed by atoms with Gasteiger partial charge in [-0.15, -0.1) is 12.6 Å². The number of hydrogen-bond donors (Lipinski definition) is 3. The summed E-state index contributed by atoms with van der Waals surface area (Å²) in [4.78, 5) is 12.8. The van der Waals surface area contributed by atoms with E-state index in [2.05, 4.69) is 17.9 Å². The van der Waals surface area contributed by atoms with Gasteiger partial charge in [-0.25, -0.2) is 0 Å². The Morgan fingerprint density at radius 3 is 2.94 bits per heavy atom. The average Bonchev–Trinajstić information content (AvgIpc) is 2.75. The minimum absolute atomic E-state index is 0.0511. The Hall–Kier alpha value is -1.00. The predicted octanol–water partition coefficient (Wildman–Crippen LogP) is 2.17. The zero-order valence-corrected chi connectivity index (χ0v) is 11.4. The minimum Gasteiger partial charge on any atom is -0.393 e. The number of carbonyl (C=O) groups excluding carboxylic acids is 1. The summed E-state index contributed by atoms with van der Waals surface area (Å²) in [6.45, 7) is 2.56. The Morgan fingerprint density at radius 2 is 2.28 bits per heavy atom. The Bertz CT molecular complexity index is 447. The van der Waals surface area contributed by atoms with Gasteiger partial charge < -0.3 is 10.4 Å². The molecule has 0 saturated heterocycles. The molecule has 1 aliphatic rings. The van der Waals surface area contributed by atoms with Crippen molar-refractivity contribution in [2.45, 2.75) is 37.2 Å². The van der Waals surface area contributed by atoms with E-state index in [9.17, 15) is 9.90 Å². The number of thiol groups is 1. The van der Waals surface area contributed by atoms with Crippen LogP contribution in [-0.4, -0.2) is 23.7 Å². The van der Waals surface area contributed by atoms with E-state index in [1.807, 2.05) is 19.1 Å². The molecule has 18 heavy (non-hydrogen) atoms. The molecule has 1 amide bonds. The zero-order chi connectivity index (χ0) is 13.1. The van der Waals surface area contributed by atoms with Crippen molar-refractivity contribution in [1.29, 1.82) is 0 Å². The van der Waals surface area contributed by atoms with Gasteiger partial charge >= 0.3 is 0 Å². The van der Waals surface area contributed by atoms with Gasteiger partial charge in [0, 0.05) is 17.0 Å². The molecule has 0 spiro atoms. The Kier molecular flexibility index (Phi) is 4.30. The van der Waals surface area contributed by atoms with Crippen LogP contribution < -0.4 is 5.32 Å². The fourth-order valence-corrected chi connectivity index (χ4v) is 2.62. The van der Waals surface area contributed by atoms with Crippen LogP contribution in [0.1, 0.15) is 35.2 Å². The summed E-state index contributed by atoms with van der Waals surface area (Å²) >= 11 is 4.25. The number of amides is 1. The molecule has 0 aromatic heterocycles. The summed E-state index contributed by atoms with van der Waals surface area (Å²) < 4.78 is 0. The average molecular weight is 265 g/mol. The van der Waals surface area contributed by atoms with Crippen molar-refractivity contribution < 1.29 is 9.90 Å². The van der Waals surface area contributed by atoms with Crippen molar-refractivity contribution in [3.8, 4) is 0 Å². The molecular weight excluding hydrogens is 246 g/mol. The molecule has 1 saturated carbocycles. The molecule has 1 aromatic rings. The number of carbonyl (C=O) groups is 1. The monoisotopic (exact) mass is 265 g/mol. The standard InChI is InChI=1S/C14H19NO2S/c1-9-2-5-12(18)7-13(9)14(17)15-8-10-3-4-11(16)6-10/h2,5,7,10-11,16,18H,3-4,6,8H2,1H3,(H,15,17). The molecule has 0 radical (unpaired) electrons. The maximum absolute atomic E-state index is 12.0. The summed E-state index contributed by atoms with van der Waals surface area (Å²) in [5.74, 6) is 0.355. The highest BCUT2D eigenvalue weighted by molar-refractivity contribution is 7.80. The Balaban J connectivity index is 1.93. The van der Waals surface area contributed by atoms with E-state index in [0.717, 1.165) is 29.7 Å².